The van der Waals surface area contributed by atoms with E-state index in [4.69, 9.17) is 21.8 Å². The minimum atomic E-state index is -0.413. The molecule has 0 spiro atoms. The molecule has 0 fully saturated rings. The van der Waals surface area contributed by atoms with Gasteiger partial charge in [-0.25, -0.2) is 4.39 Å². The maximum Gasteiger partial charge on any atom is 0.142 e. The first-order valence-electron chi connectivity index (χ1n) is 5.87. The lowest BCUT2D eigenvalue weighted by Gasteiger charge is -2.11. The third-order valence-corrected chi connectivity index (χ3v) is 3.25. The van der Waals surface area contributed by atoms with E-state index in [0.717, 1.165) is 23.3 Å². The summed E-state index contributed by atoms with van der Waals surface area (Å²) in [6.07, 6.45) is 2.99. The fourth-order valence-corrected chi connectivity index (χ4v) is 2.12. The molecule has 96 valence electrons. The average molecular weight is 268 g/mol. The van der Waals surface area contributed by atoms with Gasteiger partial charge in [0.2, 0.25) is 0 Å². The number of aryl methyl sites for hydroxylation is 1. The molecule has 2 N–H and O–H groups in total. The molecule has 2 nitrogen and oxygen atoms in total. The zero-order valence-electron chi connectivity index (χ0n) is 10.1. The highest BCUT2D eigenvalue weighted by Crippen LogP contribution is 2.23. The molecule has 2 aromatic rings. The number of hydrogen-bond donors (Lipinski definition) is 1. The van der Waals surface area contributed by atoms with Gasteiger partial charge in [0, 0.05) is 18.0 Å². The van der Waals surface area contributed by atoms with Gasteiger partial charge in [-0.2, -0.15) is 0 Å². The van der Waals surface area contributed by atoms with Gasteiger partial charge in [0.1, 0.15) is 11.6 Å². The van der Waals surface area contributed by atoms with Crippen molar-refractivity contribution in [3.63, 3.8) is 0 Å². The minimum absolute atomic E-state index is 0.130. The van der Waals surface area contributed by atoms with E-state index in [1.165, 1.54) is 6.07 Å². The Hall–Kier alpha value is -1.32. The fraction of sp³-hybridized carbons (Fsp3) is 0.286. The Morgan fingerprint density at radius 1 is 1.39 bits per heavy atom. The van der Waals surface area contributed by atoms with Crippen LogP contribution >= 0.6 is 11.6 Å². The predicted octanol–water partition coefficient (Wildman–Crippen LogP) is 3.88. The van der Waals surface area contributed by atoms with Crippen molar-refractivity contribution >= 4 is 11.6 Å². The fourth-order valence-electron chi connectivity index (χ4n) is 2.00. The molecule has 4 heteroatoms. The van der Waals surface area contributed by atoms with E-state index in [0.29, 0.717) is 6.42 Å². The quantitative estimate of drug-likeness (QED) is 0.913. The van der Waals surface area contributed by atoms with Crippen LogP contribution in [0.25, 0.3) is 0 Å². The maximum atomic E-state index is 13.3. The normalized spacial score (nSPS) is 12.7. The molecule has 1 aromatic carbocycles. The molecular formula is C14H15ClFNO. The molecule has 1 heterocycles. The third kappa shape index (κ3) is 2.74. The number of furan rings is 1. The SMILES string of the molecule is CCc1occc1C(N)Cc1ccc(Cl)c(F)c1. The van der Waals surface area contributed by atoms with Crippen molar-refractivity contribution in [3.8, 4) is 0 Å². The van der Waals surface area contributed by atoms with Crippen LogP contribution in [0.4, 0.5) is 4.39 Å². The van der Waals surface area contributed by atoms with Gasteiger partial charge in [0.05, 0.1) is 11.3 Å². The van der Waals surface area contributed by atoms with Crippen molar-refractivity contribution in [2.75, 3.05) is 0 Å². The van der Waals surface area contributed by atoms with Gasteiger partial charge < -0.3 is 10.2 Å². The zero-order valence-corrected chi connectivity index (χ0v) is 10.9. The van der Waals surface area contributed by atoms with Crippen LogP contribution < -0.4 is 5.73 Å². The molecule has 0 amide bonds. The molecule has 0 saturated carbocycles. The smallest absolute Gasteiger partial charge is 0.142 e. The number of benzene rings is 1. The summed E-state index contributed by atoms with van der Waals surface area (Å²) in [7, 11) is 0. The zero-order chi connectivity index (χ0) is 13.1. The lowest BCUT2D eigenvalue weighted by molar-refractivity contribution is 0.505. The Bertz CT molecular complexity index is 538. The van der Waals surface area contributed by atoms with Crippen LogP contribution in [0.2, 0.25) is 5.02 Å². The summed E-state index contributed by atoms with van der Waals surface area (Å²) >= 11 is 5.64. The molecule has 1 unspecified atom stereocenters. The molecule has 0 aliphatic rings. The summed E-state index contributed by atoms with van der Waals surface area (Å²) in [6, 6.07) is 6.44. The van der Waals surface area contributed by atoms with E-state index in [9.17, 15) is 4.39 Å². The Kier molecular flexibility index (Phi) is 4.04. The van der Waals surface area contributed by atoms with E-state index in [1.807, 2.05) is 13.0 Å². The monoisotopic (exact) mass is 267 g/mol. The Balaban J connectivity index is 2.16. The van der Waals surface area contributed by atoms with Crippen molar-refractivity contribution in [1.82, 2.24) is 0 Å². The van der Waals surface area contributed by atoms with E-state index in [2.05, 4.69) is 0 Å². The molecule has 1 atom stereocenters. The van der Waals surface area contributed by atoms with Gasteiger partial charge in [-0.05, 0) is 30.2 Å². The van der Waals surface area contributed by atoms with Crippen LogP contribution in [-0.4, -0.2) is 0 Å². The topological polar surface area (TPSA) is 39.2 Å². The van der Waals surface area contributed by atoms with Crippen LogP contribution in [0.15, 0.2) is 34.9 Å². The molecule has 0 bridgehead atoms. The highest BCUT2D eigenvalue weighted by Gasteiger charge is 2.14. The molecule has 1 aromatic heterocycles. The summed E-state index contributed by atoms with van der Waals surface area (Å²) < 4.78 is 18.7. The molecule has 0 aliphatic carbocycles. The minimum Gasteiger partial charge on any atom is -0.469 e. The standard InChI is InChI=1S/C14H15ClFNO/c1-2-14-10(5-6-18-14)13(17)8-9-3-4-11(15)12(16)7-9/h3-7,13H,2,8,17H2,1H3. The second-order valence-corrected chi connectivity index (χ2v) is 4.62. The Morgan fingerprint density at radius 3 is 2.83 bits per heavy atom. The summed E-state index contributed by atoms with van der Waals surface area (Å²) in [5, 5.41) is 0.130. The van der Waals surface area contributed by atoms with Gasteiger partial charge in [-0.15, -0.1) is 0 Å². The average Bonchev–Trinajstić information content (AvgIpc) is 2.82. The van der Waals surface area contributed by atoms with Crippen LogP contribution in [0.5, 0.6) is 0 Å². The van der Waals surface area contributed by atoms with Crippen molar-refractivity contribution < 1.29 is 8.81 Å². The Morgan fingerprint density at radius 2 is 2.17 bits per heavy atom. The summed E-state index contributed by atoms with van der Waals surface area (Å²) in [6.45, 7) is 2.01. The number of nitrogens with two attached hydrogens (primary N) is 1. The van der Waals surface area contributed by atoms with E-state index in [-0.39, 0.29) is 11.1 Å². The van der Waals surface area contributed by atoms with E-state index in [1.54, 1.807) is 18.4 Å². The van der Waals surface area contributed by atoms with E-state index >= 15 is 0 Å². The number of rotatable bonds is 4. The van der Waals surface area contributed by atoms with Gasteiger partial charge in [-0.1, -0.05) is 24.6 Å². The molecular weight excluding hydrogens is 253 g/mol. The first-order chi connectivity index (χ1) is 8.61. The summed E-state index contributed by atoms with van der Waals surface area (Å²) in [4.78, 5) is 0. The highest BCUT2D eigenvalue weighted by atomic mass is 35.5. The molecule has 18 heavy (non-hydrogen) atoms. The van der Waals surface area contributed by atoms with Crippen LogP contribution in [0, 0.1) is 5.82 Å². The third-order valence-electron chi connectivity index (χ3n) is 2.94. The first kappa shape index (κ1) is 13.1. The van der Waals surface area contributed by atoms with Gasteiger partial charge in [-0.3, -0.25) is 0 Å². The maximum absolute atomic E-state index is 13.3. The van der Waals surface area contributed by atoms with Crippen LogP contribution in [0.1, 0.15) is 29.9 Å². The highest BCUT2D eigenvalue weighted by molar-refractivity contribution is 6.30. The van der Waals surface area contributed by atoms with Gasteiger partial charge in [0.25, 0.3) is 0 Å². The largest absolute Gasteiger partial charge is 0.469 e. The molecule has 2 rings (SSSR count). The van der Waals surface area contributed by atoms with Crippen molar-refractivity contribution in [2.45, 2.75) is 25.8 Å². The molecule has 0 radical (unpaired) electrons. The molecule has 0 saturated heterocycles. The van der Waals surface area contributed by atoms with Gasteiger partial charge >= 0.3 is 0 Å². The van der Waals surface area contributed by atoms with Crippen molar-refractivity contribution in [2.24, 2.45) is 5.73 Å². The number of hydrogen-bond acceptors (Lipinski definition) is 2. The van der Waals surface area contributed by atoms with Crippen LogP contribution in [0.3, 0.4) is 0 Å². The Labute approximate surface area is 111 Å². The lowest BCUT2D eigenvalue weighted by atomic mass is 9.99. The second-order valence-electron chi connectivity index (χ2n) is 4.21. The van der Waals surface area contributed by atoms with Crippen molar-refractivity contribution in [1.29, 1.82) is 0 Å². The van der Waals surface area contributed by atoms with Gasteiger partial charge in [0.15, 0.2) is 0 Å². The molecule has 0 aliphatic heterocycles. The van der Waals surface area contributed by atoms with Crippen molar-refractivity contribution in [3.05, 3.63) is 58.3 Å². The summed E-state index contributed by atoms with van der Waals surface area (Å²) in [5.41, 5.74) is 7.93. The second kappa shape index (κ2) is 5.55. The first-order valence-corrected chi connectivity index (χ1v) is 6.25. The predicted molar refractivity (Wildman–Crippen MR) is 70.1 cm³/mol. The lowest BCUT2D eigenvalue weighted by Crippen LogP contribution is -2.14. The number of halogens is 2. The summed E-state index contributed by atoms with van der Waals surface area (Å²) in [5.74, 6) is 0.473. The van der Waals surface area contributed by atoms with E-state index < -0.39 is 5.82 Å². The van der Waals surface area contributed by atoms with Crippen LogP contribution in [-0.2, 0) is 12.8 Å².